The van der Waals surface area contributed by atoms with Crippen molar-refractivity contribution < 1.29 is 8.83 Å². The van der Waals surface area contributed by atoms with Crippen LogP contribution in [-0.2, 0) is 0 Å². The molecule has 0 atom stereocenters. The van der Waals surface area contributed by atoms with Crippen molar-refractivity contribution in [2.45, 2.75) is 78.8 Å². The summed E-state index contributed by atoms with van der Waals surface area (Å²) >= 11 is 0. The van der Waals surface area contributed by atoms with Crippen LogP contribution in [0.1, 0.15) is 50.7 Å². The fraction of sp³-hybridized carbons (Fsp3) is 0.194. The van der Waals surface area contributed by atoms with Crippen LogP contribution < -0.4 is 20.2 Å². The summed E-state index contributed by atoms with van der Waals surface area (Å²) in [5.74, 6) is 0.932. The monoisotopic (exact) mass is 920 g/mol. The molecule has 68 heavy (non-hydrogen) atoms. The van der Waals surface area contributed by atoms with E-state index in [9.17, 15) is 0 Å². The van der Waals surface area contributed by atoms with E-state index in [4.69, 9.17) is 8.83 Å². The Morgan fingerprint density at radius 1 is 0.338 bits per heavy atom. The zero-order chi connectivity index (χ0) is 47.2. The van der Waals surface area contributed by atoms with Crippen LogP contribution in [0.3, 0.4) is 0 Å². The summed E-state index contributed by atoms with van der Waals surface area (Å²) < 4.78 is 13.6. The molecule has 0 aliphatic carbocycles. The van der Waals surface area contributed by atoms with Crippen molar-refractivity contribution in [1.29, 1.82) is 0 Å². The Morgan fingerprint density at radius 2 is 0.735 bits per heavy atom. The zero-order valence-electron chi connectivity index (χ0n) is 41.0. The molecule has 0 aliphatic rings. The number of hydrogen-bond acceptors (Lipinski definition) is 4. The van der Waals surface area contributed by atoms with Gasteiger partial charge in [0.2, 0.25) is 0 Å². The summed E-state index contributed by atoms with van der Waals surface area (Å²) in [4.78, 5) is 4.75. The van der Waals surface area contributed by atoms with Gasteiger partial charge in [-0.3, -0.25) is 0 Å². The molecule has 11 rings (SSSR count). The molecule has 9 aromatic carbocycles. The highest BCUT2D eigenvalue weighted by atomic mass is 28.3. The molecule has 0 bridgehead atoms. The second kappa shape index (κ2) is 16.4. The Bertz CT molecular complexity index is 3680. The van der Waals surface area contributed by atoms with Crippen molar-refractivity contribution in [3.63, 3.8) is 0 Å². The van der Waals surface area contributed by atoms with Crippen LogP contribution in [0.25, 0.3) is 65.4 Å². The van der Waals surface area contributed by atoms with Crippen LogP contribution in [-0.4, -0.2) is 16.1 Å². The third-order valence-electron chi connectivity index (χ3n) is 14.1. The van der Waals surface area contributed by atoms with E-state index in [0.717, 1.165) is 94.2 Å². The molecule has 0 saturated carbocycles. The van der Waals surface area contributed by atoms with E-state index in [2.05, 4.69) is 247 Å². The van der Waals surface area contributed by atoms with Gasteiger partial charge in [-0.05, 0) is 154 Å². The molecule has 11 aromatic rings. The quantitative estimate of drug-likeness (QED) is 0.128. The number of rotatable bonds is 10. The maximum Gasteiger partial charge on any atom is 0.147 e. The molecule has 0 aliphatic heterocycles. The Morgan fingerprint density at radius 3 is 1.16 bits per heavy atom. The number of benzene rings is 9. The van der Waals surface area contributed by atoms with Crippen molar-refractivity contribution in [3.05, 3.63) is 181 Å². The topological polar surface area (TPSA) is 32.8 Å². The number of nitrogens with zero attached hydrogens (tertiary/aromatic N) is 2. The van der Waals surface area contributed by atoms with Gasteiger partial charge in [0.15, 0.2) is 0 Å². The second-order valence-electron chi connectivity index (χ2n) is 21.5. The van der Waals surface area contributed by atoms with E-state index in [-0.39, 0.29) is 0 Å². The minimum atomic E-state index is -1.46. The molecule has 338 valence electrons. The summed E-state index contributed by atoms with van der Waals surface area (Å²) in [6.45, 7) is 23.4. The maximum absolute atomic E-state index is 6.93. The fourth-order valence-corrected chi connectivity index (χ4v) is 12.3. The fourth-order valence-electron chi connectivity index (χ4n) is 9.96. The molecular formula is C62H60N2O2Si2. The van der Waals surface area contributed by atoms with Gasteiger partial charge in [0.1, 0.15) is 22.3 Å². The molecule has 0 fully saturated rings. The lowest BCUT2D eigenvalue weighted by molar-refractivity contribution is 0.663. The molecule has 4 nitrogen and oxygen atoms in total. The van der Waals surface area contributed by atoms with Gasteiger partial charge < -0.3 is 18.6 Å². The highest BCUT2D eigenvalue weighted by Gasteiger charge is 2.23. The Kier molecular flexibility index (Phi) is 10.6. The Balaban J connectivity index is 1.00. The molecular weight excluding hydrogens is 861 g/mol. The van der Waals surface area contributed by atoms with Gasteiger partial charge >= 0.3 is 0 Å². The third kappa shape index (κ3) is 7.79. The van der Waals surface area contributed by atoms with Crippen LogP contribution in [0.2, 0.25) is 39.3 Å². The Labute approximate surface area is 402 Å². The van der Waals surface area contributed by atoms with Gasteiger partial charge in [-0.2, -0.15) is 0 Å². The molecule has 0 unspecified atom stereocenters. The van der Waals surface area contributed by atoms with Crippen molar-refractivity contribution in [2.75, 3.05) is 9.80 Å². The minimum Gasteiger partial charge on any atom is -0.456 e. The van der Waals surface area contributed by atoms with E-state index >= 15 is 0 Å². The summed E-state index contributed by atoms with van der Waals surface area (Å²) in [6, 6.07) is 63.4. The maximum atomic E-state index is 6.93. The molecule has 2 aromatic heterocycles. The number of fused-ring (bicyclic) bond motifs is 9. The van der Waals surface area contributed by atoms with Gasteiger partial charge in [-0.15, -0.1) is 0 Å². The van der Waals surface area contributed by atoms with E-state index in [0.29, 0.717) is 11.8 Å². The van der Waals surface area contributed by atoms with Crippen molar-refractivity contribution >= 4 is 126 Å². The average molecular weight is 921 g/mol. The van der Waals surface area contributed by atoms with E-state index in [1.54, 1.807) is 0 Å². The molecule has 0 spiro atoms. The summed E-state index contributed by atoms with van der Waals surface area (Å²) in [7, 11) is -2.92. The van der Waals surface area contributed by atoms with Crippen LogP contribution in [0.15, 0.2) is 179 Å². The second-order valence-corrected chi connectivity index (χ2v) is 31.7. The molecule has 6 heteroatoms. The molecule has 0 N–H and O–H groups in total. The van der Waals surface area contributed by atoms with Crippen LogP contribution in [0.4, 0.5) is 34.1 Å². The van der Waals surface area contributed by atoms with E-state index in [1.165, 1.54) is 26.9 Å². The molecule has 2 heterocycles. The number of anilines is 6. The first-order chi connectivity index (χ1) is 32.6. The highest BCUT2D eigenvalue weighted by Crippen LogP contribution is 2.44. The van der Waals surface area contributed by atoms with Crippen molar-refractivity contribution in [3.8, 4) is 0 Å². The van der Waals surface area contributed by atoms with Gasteiger partial charge in [0, 0.05) is 50.3 Å². The SMILES string of the molecule is CC(C)c1ccc(N(c2ccc([Si](C)(C)C)cc2)c2ccc3cc4c(cc3c2)oc2c4ccc3oc4cc5cc(N(c6ccc(C(C)C)cc6)c6ccc([Si](C)(C)C)cc6)ccc5cc4c32)cc1. The highest BCUT2D eigenvalue weighted by molar-refractivity contribution is 6.89. The largest absolute Gasteiger partial charge is 0.456 e. The lowest BCUT2D eigenvalue weighted by atomic mass is 10.0. The standard InChI is InChI=1S/C62H60N2O2Si2/c1-39(2)41-11-17-47(18-12-41)63(49-23-27-53(28-24-49)67(5,6)7)51-21-15-43-35-56-55-31-32-58-61(62(55)66-59(56)37-45(43)33-51)57-36-44-16-22-52(34-46(44)38-60(57)65-58)64(48-19-13-42(14-20-48)40(3)4)50-25-29-54(30-26-50)68(8,9)10/h11-40H,1-10H3. The molecule has 0 saturated heterocycles. The lowest BCUT2D eigenvalue weighted by Gasteiger charge is -2.27. The number of hydrogen-bond donors (Lipinski definition) is 0. The minimum absolute atomic E-state index is 0.466. The predicted molar refractivity (Wildman–Crippen MR) is 300 cm³/mol. The summed E-state index contributed by atoms with van der Waals surface area (Å²) in [6.07, 6.45) is 0. The lowest BCUT2D eigenvalue weighted by Crippen LogP contribution is -2.37. The zero-order valence-corrected chi connectivity index (χ0v) is 43.0. The van der Waals surface area contributed by atoms with Gasteiger partial charge in [-0.25, -0.2) is 0 Å². The predicted octanol–water partition coefficient (Wildman–Crippen LogP) is 18.1. The van der Waals surface area contributed by atoms with Gasteiger partial charge in [0.05, 0.1) is 21.5 Å². The number of furan rings is 2. The first-order valence-electron chi connectivity index (χ1n) is 24.3. The van der Waals surface area contributed by atoms with E-state index in [1.807, 2.05) is 0 Å². The van der Waals surface area contributed by atoms with Crippen LogP contribution >= 0.6 is 0 Å². The van der Waals surface area contributed by atoms with Crippen molar-refractivity contribution in [1.82, 2.24) is 0 Å². The first kappa shape index (κ1) is 43.7. The normalized spacial score (nSPS) is 12.5. The van der Waals surface area contributed by atoms with Gasteiger partial charge in [-0.1, -0.05) is 138 Å². The van der Waals surface area contributed by atoms with Crippen LogP contribution in [0.5, 0.6) is 0 Å². The van der Waals surface area contributed by atoms with Crippen molar-refractivity contribution in [2.24, 2.45) is 0 Å². The molecule has 0 amide bonds. The van der Waals surface area contributed by atoms with E-state index < -0.39 is 16.1 Å². The van der Waals surface area contributed by atoms with Crippen LogP contribution in [0, 0.1) is 0 Å². The Hall–Kier alpha value is -6.87. The first-order valence-corrected chi connectivity index (χ1v) is 31.3. The van der Waals surface area contributed by atoms with Gasteiger partial charge in [0.25, 0.3) is 0 Å². The molecule has 0 radical (unpaired) electrons. The smallest absolute Gasteiger partial charge is 0.147 e. The average Bonchev–Trinajstić information content (AvgIpc) is 3.87. The third-order valence-corrected chi connectivity index (χ3v) is 18.2. The summed E-state index contributed by atoms with van der Waals surface area (Å²) in [5, 5.41) is 11.7. The summed E-state index contributed by atoms with van der Waals surface area (Å²) in [5.41, 5.74) is 12.8.